The molecular formula is C14H8BrF4N5. The van der Waals surface area contributed by atoms with E-state index in [1.165, 1.54) is 24.4 Å². The SMILES string of the molecule is Fc1cccc(Nc2ncc(Br)c(-n3ccc(C(F)(F)F)n3)n2)c1. The summed E-state index contributed by atoms with van der Waals surface area (Å²) in [5.74, 6) is -0.249. The summed E-state index contributed by atoms with van der Waals surface area (Å²) in [6.07, 6.45) is -2.05. The lowest BCUT2D eigenvalue weighted by Gasteiger charge is -2.08. The molecule has 2 aromatic heterocycles. The summed E-state index contributed by atoms with van der Waals surface area (Å²) in [5.41, 5.74) is -0.632. The third-order valence-electron chi connectivity index (χ3n) is 2.90. The quantitative estimate of drug-likeness (QED) is 0.663. The normalized spacial score (nSPS) is 11.5. The first-order chi connectivity index (χ1) is 11.3. The number of alkyl halides is 3. The summed E-state index contributed by atoms with van der Waals surface area (Å²) < 4.78 is 52.5. The Morgan fingerprint density at radius 2 is 1.96 bits per heavy atom. The minimum absolute atomic E-state index is 0.0860. The Balaban J connectivity index is 1.93. The van der Waals surface area contributed by atoms with Gasteiger partial charge >= 0.3 is 6.18 Å². The number of benzene rings is 1. The molecule has 0 aliphatic heterocycles. The lowest BCUT2D eigenvalue weighted by Crippen LogP contribution is -2.09. The van der Waals surface area contributed by atoms with E-state index >= 15 is 0 Å². The van der Waals surface area contributed by atoms with Crippen LogP contribution in [0.25, 0.3) is 5.82 Å². The maximum atomic E-state index is 13.2. The second-order valence-corrected chi connectivity index (χ2v) is 5.50. The molecule has 1 aromatic carbocycles. The Morgan fingerprint density at radius 3 is 2.62 bits per heavy atom. The fourth-order valence-electron chi connectivity index (χ4n) is 1.87. The van der Waals surface area contributed by atoms with E-state index in [2.05, 4.69) is 36.3 Å². The zero-order chi connectivity index (χ0) is 17.3. The van der Waals surface area contributed by atoms with Crippen molar-refractivity contribution < 1.29 is 17.6 Å². The van der Waals surface area contributed by atoms with Gasteiger partial charge in [0, 0.05) is 18.1 Å². The molecule has 0 unspecified atom stereocenters. The van der Waals surface area contributed by atoms with E-state index < -0.39 is 17.7 Å². The van der Waals surface area contributed by atoms with Crippen LogP contribution in [0, 0.1) is 5.82 Å². The summed E-state index contributed by atoms with van der Waals surface area (Å²) in [6, 6.07) is 6.46. The summed E-state index contributed by atoms with van der Waals surface area (Å²) in [6.45, 7) is 0. The van der Waals surface area contributed by atoms with Gasteiger partial charge in [0.15, 0.2) is 11.5 Å². The molecule has 5 nitrogen and oxygen atoms in total. The van der Waals surface area contributed by atoms with Gasteiger partial charge in [0.1, 0.15) is 5.82 Å². The van der Waals surface area contributed by atoms with Gasteiger partial charge in [-0.05, 0) is 40.2 Å². The van der Waals surface area contributed by atoms with E-state index in [4.69, 9.17) is 0 Å². The van der Waals surface area contributed by atoms with Gasteiger partial charge in [0.2, 0.25) is 5.95 Å². The fraction of sp³-hybridized carbons (Fsp3) is 0.0714. The van der Waals surface area contributed by atoms with Gasteiger partial charge in [-0.15, -0.1) is 0 Å². The monoisotopic (exact) mass is 401 g/mol. The zero-order valence-corrected chi connectivity index (χ0v) is 13.3. The van der Waals surface area contributed by atoms with Crippen molar-refractivity contribution in [1.29, 1.82) is 0 Å². The Bertz CT molecular complexity index is 878. The van der Waals surface area contributed by atoms with Gasteiger partial charge in [-0.25, -0.2) is 14.1 Å². The highest BCUT2D eigenvalue weighted by atomic mass is 79.9. The highest BCUT2D eigenvalue weighted by molar-refractivity contribution is 9.10. The molecule has 0 atom stereocenters. The molecule has 124 valence electrons. The van der Waals surface area contributed by atoms with Crippen LogP contribution in [0.1, 0.15) is 5.69 Å². The van der Waals surface area contributed by atoms with Crippen molar-refractivity contribution in [3.63, 3.8) is 0 Å². The second-order valence-electron chi connectivity index (χ2n) is 4.64. The average molecular weight is 402 g/mol. The highest BCUT2D eigenvalue weighted by Crippen LogP contribution is 2.29. The molecule has 0 aliphatic carbocycles. The van der Waals surface area contributed by atoms with E-state index in [1.54, 1.807) is 6.07 Å². The molecule has 0 spiro atoms. The molecule has 0 fully saturated rings. The standard InChI is InChI=1S/C14H8BrF4N5/c15-10-7-20-13(21-9-3-1-2-8(16)6-9)22-12(10)24-5-4-11(23-24)14(17,18)19/h1-7H,(H,20,21,22). The first-order valence-electron chi connectivity index (χ1n) is 6.51. The first-order valence-corrected chi connectivity index (χ1v) is 7.30. The lowest BCUT2D eigenvalue weighted by atomic mass is 10.3. The van der Waals surface area contributed by atoms with Crippen LogP contribution in [0.4, 0.5) is 29.2 Å². The van der Waals surface area contributed by atoms with E-state index in [1.807, 2.05) is 0 Å². The third-order valence-corrected chi connectivity index (χ3v) is 3.46. The lowest BCUT2D eigenvalue weighted by molar-refractivity contribution is -0.141. The van der Waals surface area contributed by atoms with Crippen LogP contribution in [0.15, 0.2) is 47.2 Å². The predicted octanol–water partition coefficient (Wildman–Crippen LogP) is 4.33. The van der Waals surface area contributed by atoms with Crippen molar-refractivity contribution in [3.05, 3.63) is 58.7 Å². The minimum atomic E-state index is -4.55. The van der Waals surface area contributed by atoms with Gasteiger partial charge in [0.25, 0.3) is 0 Å². The van der Waals surface area contributed by atoms with Crippen LogP contribution < -0.4 is 5.32 Å². The fourth-order valence-corrected chi connectivity index (χ4v) is 2.24. The maximum absolute atomic E-state index is 13.2. The number of nitrogens with one attached hydrogen (secondary N) is 1. The molecule has 3 rings (SSSR count). The zero-order valence-electron chi connectivity index (χ0n) is 11.7. The van der Waals surface area contributed by atoms with Gasteiger partial charge in [-0.2, -0.15) is 23.3 Å². The van der Waals surface area contributed by atoms with Gasteiger partial charge < -0.3 is 5.32 Å². The smallest absolute Gasteiger partial charge is 0.324 e. The number of aromatic nitrogens is 4. The first kappa shape index (κ1) is 16.4. The van der Waals surface area contributed by atoms with E-state index in [0.29, 0.717) is 10.2 Å². The Labute approximate surface area is 141 Å². The highest BCUT2D eigenvalue weighted by Gasteiger charge is 2.33. The minimum Gasteiger partial charge on any atom is -0.324 e. The Morgan fingerprint density at radius 1 is 1.17 bits per heavy atom. The van der Waals surface area contributed by atoms with Crippen LogP contribution in [-0.4, -0.2) is 19.7 Å². The molecule has 10 heteroatoms. The molecule has 0 saturated heterocycles. The van der Waals surface area contributed by atoms with Crippen molar-refractivity contribution in [1.82, 2.24) is 19.7 Å². The van der Waals surface area contributed by atoms with Gasteiger partial charge in [-0.3, -0.25) is 0 Å². The topological polar surface area (TPSA) is 55.6 Å². The summed E-state index contributed by atoms with van der Waals surface area (Å²) >= 11 is 3.17. The largest absolute Gasteiger partial charge is 0.435 e. The average Bonchev–Trinajstić information content (AvgIpc) is 2.99. The molecule has 1 N–H and O–H groups in total. The van der Waals surface area contributed by atoms with Crippen molar-refractivity contribution in [2.24, 2.45) is 0 Å². The third kappa shape index (κ3) is 3.53. The Kier molecular flexibility index (Phi) is 4.22. The van der Waals surface area contributed by atoms with Crippen LogP contribution in [-0.2, 0) is 6.18 Å². The van der Waals surface area contributed by atoms with Crippen LogP contribution in [0.2, 0.25) is 0 Å². The van der Waals surface area contributed by atoms with E-state index in [0.717, 1.165) is 16.9 Å². The summed E-state index contributed by atoms with van der Waals surface area (Å²) in [5, 5.41) is 6.23. The number of halogens is 5. The molecule has 24 heavy (non-hydrogen) atoms. The van der Waals surface area contributed by atoms with E-state index in [9.17, 15) is 17.6 Å². The van der Waals surface area contributed by atoms with Crippen LogP contribution >= 0.6 is 15.9 Å². The second kappa shape index (κ2) is 6.19. The molecule has 0 bridgehead atoms. The van der Waals surface area contributed by atoms with Crippen molar-refractivity contribution in [2.45, 2.75) is 6.18 Å². The molecule has 2 heterocycles. The molecule has 0 aliphatic rings. The Hall–Kier alpha value is -2.49. The number of hydrogen-bond acceptors (Lipinski definition) is 4. The molecule has 3 aromatic rings. The number of rotatable bonds is 3. The summed E-state index contributed by atoms with van der Waals surface area (Å²) in [4.78, 5) is 8.09. The van der Waals surface area contributed by atoms with Crippen molar-refractivity contribution >= 4 is 27.6 Å². The van der Waals surface area contributed by atoms with Crippen LogP contribution in [0.5, 0.6) is 0 Å². The summed E-state index contributed by atoms with van der Waals surface area (Å²) in [7, 11) is 0. The van der Waals surface area contributed by atoms with Crippen LogP contribution in [0.3, 0.4) is 0 Å². The number of hydrogen-bond donors (Lipinski definition) is 1. The number of anilines is 2. The predicted molar refractivity (Wildman–Crippen MR) is 81.5 cm³/mol. The molecular weight excluding hydrogens is 394 g/mol. The maximum Gasteiger partial charge on any atom is 0.435 e. The molecule has 0 radical (unpaired) electrons. The van der Waals surface area contributed by atoms with Crippen molar-refractivity contribution in [3.8, 4) is 5.82 Å². The molecule has 0 saturated carbocycles. The van der Waals surface area contributed by atoms with Gasteiger partial charge in [0.05, 0.1) is 4.47 Å². The van der Waals surface area contributed by atoms with Crippen molar-refractivity contribution in [2.75, 3.05) is 5.32 Å². The number of nitrogens with zero attached hydrogens (tertiary/aromatic N) is 4. The van der Waals surface area contributed by atoms with E-state index in [-0.39, 0.29) is 11.8 Å². The molecule has 0 amide bonds. The van der Waals surface area contributed by atoms with Gasteiger partial charge in [-0.1, -0.05) is 6.07 Å².